The molecule has 0 radical (unpaired) electrons. The maximum atomic E-state index is 12.3. The van der Waals surface area contributed by atoms with Gasteiger partial charge < -0.3 is 14.6 Å². The molecule has 0 fully saturated rings. The number of rotatable bonds is 8. The average Bonchev–Trinajstić information content (AvgIpc) is 3.11. The van der Waals surface area contributed by atoms with E-state index in [9.17, 15) is 4.79 Å². The zero-order chi connectivity index (χ0) is 21.7. The molecule has 1 aromatic heterocycles. The summed E-state index contributed by atoms with van der Waals surface area (Å²) >= 11 is 19.4. The molecule has 3 aromatic rings. The van der Waals surface area contributed by atoms with Crippen LogP contribution in [0, 0.1) is 0 Å². The van der Waals surface area contributed by atoms with E-state index in [1.807, 2.05) is 18.4 Å². The first-order chi connectivity index (χ1) is 14.4. The Kier molecular flexibility index (Phi) is 7.88. The Morgan fingerprint density at radius 3 is 2.63 bits per heavy atom. The Balaban J connectivity index is 1.65. The average molecular weight is 486 g/mol. The number of amides is 1. The van der Waals surface area contributed by atoms with Crippen molar-refractivity contribution in [3.05, 3.63) is 63.4 Å². The van der Waals surface area contributed by atoms with Gasteiger partial charge in [-0.15, -0.1) is 10.2 Å². The summed E-state index contributed by atoms with van der Waals surface area (Å²) in [5, 5.41) is 13.4. The lowest BCUT2D eigenvalue weighted by Crippen LogP contribution is -2.15. The van der Waals surface area contributed by atoms with Crippen molar-refractivity contribution < 1.29 is 9.53 Å². The van der Waals surface area contributed by atoms with Crippen LogP contribution >= 0.6 is 46.6 Å². The van der Waals surface area contributed by atoms with Crippen molar-refractivity contribution in [1.82, 2.24) is 14.8 Å². The molecule has 0 aliphatic rings. The lowest BCUT2D eigenvalue weighted by Gasteiger charge is -2.16. The van der Waals surface area contributed by atoms with Crippen LogP contribution in [0.3, 0.4) is 0 Å². The first-order valence-corrected chi connectivity index (χ1v) is 11.2. The van der Waals surface area contributed by atoms with Crippen LogP contribution in [0.15, 0.2) is 47.6 Å². The molecular weight excluding hydrogens is 467 g/mol. The fourth-order valence-corrected chi connectivity index (χ4v) is 4.16. The number of carbonyl (C=O) groups is 1. The predicted molar refractivity (Wildman–Crippen MR) is 122 cm³/mol. The number of anilines is 1. The van der Waals surface area contributed by atoms with Crippen LogP contribution in [0.5, 0.6) is 5.75 Å². The van der Waals surface area contributed by atoms with E-state index in [2.05, 4.69) is 15.5 Å². The van der Waals surface area contributed by atoms with Crippen molar-refractivity contribution in [3.8, 4) is 5.75 Å². The molecule has 30 heavy (non-hydrogen) atoms. The number of nitrogens with one attached hydrogen (secondary N) is 1. The molecule has 3 rings (SSSR count). The second-order valence-corrected chi connectivity index (χ2v) is 8.49. The predicted octanol–water partition coefficient (Wildman–Crippen LogP) is 6.13. The highest BCUT2D eigenvalue weighted by Crippen LogP contribution is 2.31. The highest BCUT2D eigenvalue weighted by Gasteiger charge is 2.20. The summed E-state index contributed by atoms with van der Waals surface area (Å²) in [6, 6.07) is 12.0. The third-order valence-corrected chi connectivity index (χ3v) is 5.80. The number of hydrogen-bond acceptors (Lipinski definition) is 5. The third kappa shape index (κ3) is 5.82. The number of aromatic nitrogens is 3. The van der Waals surface area contributed by atoms with Crippen LogP contribution in [0.2, 0.25) is 15.1 Å². The van der Waals surface area contributed by atoms with Gasteiger partial charge in [0.2, 0.25) is 5.91 Å². The smallest absolute Gasteiger partial charge is 0.234 e. The van der Waals surface area contributed by atoms with Crippen molar-refractivity contribution in [1.29, 1.82) is 0 Å². The zero-order valence-corrected chi connectivity index (χ0v) is 19.3. The van der Waals surface area contributed by atoms with Gasteiger partial charge in [0.15, 0.2) is 17.1 Å². The van der Waals surface area contributed by atoms with Gasteiger partial charge in [-0.2, -0.15) is 0 Å². The minimum atomic E-state index is -0.397. The SMILES string of the molecule is CCn1c(SCC(=O)Nc2cccc(Cl)c2)nnc1C(C)Oc1ccc(Cl)cc1Cl. The van der Waals surface area contributed by atoms with Gasteiger partial charge in [-0.3, -0.25) is 4.79 Å². The van der Waals surface area contributed by atoms with Crippen LogP contribution in [0.1, 0.15) is 25.8 Å². The summed E-state index contributed by atoms with van der Waals surface area (Å²) in [6.45, 7) is 4.47. The highest BCUT2D eigenvalue weighted by atomic mass is 35.5. The summed E-state index contributed by atoms with van der Waals surface area (Å²) in [5.74, 6) is 1.17. The van der Waals surface area contributed by atoms with E-state index in [1.54, 1.807) is 42.5 Å². The summed E-state index contributed by atoms with van der Waals surface area (Å²) in [7, 11) is 0. The Labute approximate surface area is 193 Å². The van der Waals surface area contributed by atoms with E-state index < -0.39 is 6.10 Å². The molecule has 0 aliphatic carbocycles. The number of nitrogens with zero attached hydrogens (tertiary/aromatic N) is 3. The molecule has 0 spiro atoms. The Hall–Kier alpha value is -1.93. The standard InChI is InChI=1S/C20H19Cl3N4O2S/c1-3-27-19(12(2)29-17-8-7-14(22)10-16(17)23)25-26-20(27)30-11-18(28)24-15-6-4-5-13(21)9-15/h4-10,12H,3,11H2,1-2H3,(H,24,28). The minimum Gasteiger partial charge on any atom is -0.481 e. The fourth-order valence-electron chi connectivity index (χ4n) is 2.71. The molecule has 1 atom stereocenters. The summed E-state index contributed by atoms with van der Waals surface area (Å²) < 4.78 is 7.85. The minimum absolute atomic E-state index is 0.160. The van der Waals surface area contributed by atoms with Crippen LogP contribution < -0.4 is 10.1 Å². The number of hydrogen-bond donors (Lipinski definition) is 1. The van der Waals surface area contributed by atoms with Crippen LogP contribution in [-0.2, 0) is 11.3 Å². The molecule has 0 bridgehead atoms. The lowest BCUT2D eigenvalue weighted by molar-refractivity contribution is -0.113. The van der Waals surface area contributed by atoms with E-state index in [0.29, 0.717) is 44.0 Å². The van der Waals surface area contributed by atoms with E-state index in [1.165, 1.54) is 11.8 Å². The van der Waals surface area contributed by atoms with E-state index >= 15 is 0 Å². The summed E-state index contributed by atoms with van der Waals surface area (Å²) in [6.07, 6.45) is -0.397. The van der Waals surface area contributed by atoms with E-state index in [0.717, 1.165) is 0 Å². The molecule has 1 unspecified atom stereocenters. The lowest BCUT2D eigenvalue weighted by atomic mass is 10.3. The van der Waals surface area contributed by atoms with Gasteiger partial charge in [0.05, 0.1) is 10.8 Å². The number of carbonyl (C=O) groups excluding carboxylic acids is 1. The van der Waals surface area contributed by atoms with Crippen molar-refractivity contribution >= 4 is 58.2 Å². The Morgan fingerprint density at radius 1 is 1.17 bits per heavy atom. The van der Waals surface area contributed by atoms with Crippen LogP contribution in [0.4, 0.5) is 5.69 Å². The molecule has 0 aliphatic heterocycles. The Bertz CT molecular complexity index is 1040. The molecule has 0 saturated carbocycles. The number of thioether (sulfide) groups is 1. The van der Waals surface area contributed by atoms with Crippen molar-refractivity contribution in [3.63, 3.8) is 0 Å². The van der Waals surface area contributed by atoms with Gasteiger partial charge in [0.25, 0.3) is 0 Å². The second kappa shape index (κ2) is 10.4. The van der Waals surface area contributed by atoms with Gasteiger partial charge in [-0.05, 0) is 50.2 Å². The molecule has 158 valence electrons. The van der Waals surface area contributed by atoms with Gasteiger partial charge in [0.1, 0.15) is 5.75 Å². The Morgan fingerprint density at radius 2 is 1.93 bits per heavy atom. The molecule has 10 heteroatoms. The molecule has 6 nitrogen and oxygen atoms in total. The monoisotopic (exact) mass is 484 g/mol. The first-order valence-electron chi connectivity index (χ1n) is 9.10. The number of benzene rings is 2. The van der Waals surface area contributed by atoms with E-state index in [4.69, 9.17) is 39.5 Å². The van der Waals surface area contributed by atoms with Gasteiger partial charge in [-0.1, -0.05) is 52.6 Å². The first kappa shape index (κ1) is 22.7. The van der Waals surface area contributed by atoms with Crippen molar-refractivity contribution in [2.24, 2.45) is 0 Å². The number of halogens is 3. The molecule has 1 N–H and O–H groups in total. The van der Waals surface area contributed by atoms with Crippen LogP contribution in [-0.4, -0.2) is 26.4 Å². The summed E-state index contributed by atoms with van der Waals surface area (Å²) in [4.78, 5) is 12.3. The molecule has 1 heterocycles. The van der Waals surface area contributed by atoms with Crippen LogP contribution in [0.25, 0.3) is 0 Å². The number of ether oxygens (including phenoxy) is 1. The molecular formula is C20H19Cl3N4O2S. The quantitative estimate of drug-likeness (QED) is 0.389. The van der Waals surface area contributed by atoms with Crippen molar-refractivity contribution in [2.75, 3.05) is 11.1 Å². The maximum Gasteiger partial charge on any atom is 0.234 e. The maximum absolute atomic E-state index is 12.3. The summed E-state index contributed by atoms with van der Waals surface area (Å²) in [5.41, 5.74) is 0.646. The molecule has 2 aromatic carbocycles. The van der Waals surface area contributed by atoms with Crippen molar-refractivity contribution in [2.45, 2.75) is 31.7 Å². The highest BCUT2D eigenvalue weighted by molar-refractivity contribution is 7.99. The van der Waals surface area contributed by atoms with Gasteiger partial charge >= 0.3 is 0 Å². The normalized spacial score (nSPS) is 11.9. The largest absolute Gasteiger partial charge is 0.481 e. The topological polar surface area (TPSA) is 69.0 Å². The zero-order valence-electron chi connectivity index (χ0n) is 16.2. The molecule has 0 saturated heterocycles. The van der Waals surface area contributed by atoms with Gasteiger partial charge in [0, 0.05) is 22.3 Å². The second-order valence-electron chi connectivity index (χ2n) is 6.27. The fraction of sp³-hybridized carbons (Fsp3) is 0.250. The molecule has 1 amide bonds. The van der Waals surface area contributed by atoms with Gasteiger partial charge in [-0.25, -0.2) is 0 Å². The third-order valence-electron chi connectivity index (χ3n) is 4.06. The van der Waals surface area contributed by atoms with E-state index in [-0.39, 0.29) is 11.7 Å².